The molecule has 0 heterocycles. The van der Waals surface area contributed by atoms with Crippen LogP contribution < -0.4 is 9.82 Å². The van der Waals surface area contributed by atoms with Crippen LogP contribution in [0.5, 0.6) is 5.75 Å². The van der Waals surface area contributed by atoms with E-state index in [4.69, 9.17) is 4.74 Å². The van der Waals surface area contributed by atoms with Crippen molar-refractivity contribution in [1.82, 2.24) is 0 Å². The number of hydrogen-bond acceptors (Lipinski definition) is 2. The van der Waals surface area contributed by atoms with Gasteiger partial charge in [0.1, 0.15) is 11.6 Å². The topological polar surface area (TPSA) is 21.3 Å². The molecule has 0 aliphatic rings. The summed E-state index contributed by atoms with van der Waals surface area (Å²) in [5.41, 5.74) is 0.749. The van der Waals surface area contributed by atoms with Crippen LogP contribution in [0.2, 0.25) is 0 Å². The van der Waals surface area contributed by atoms with E-state index in [-0.39, 0.29) is 5.82 Å². The molecule has 0 aliphatic heterocycles. The predicted octanol–water partition coefficient (Wildman–Crippen LogP) is 2.04. The van der Waals surface area contributed by atoms with Crippen molar-refractivity contribution >= 4 is 15.1 Å². The summed E-state index contributed by atoms with van der Waals surface area (Å²) < 4.78 is 17.5. The SMILES string of the molecule is COc1cc(F)ccc1NP. The molecule has 0 bridgehead atoms. The second-order valence-electron chi connectivity index (χ2n) is 1.99. The zero-order valence-corrected chi connectivity index (χ0v) is 7.25. The standard InChI is InChI=1S/C7H9FNOP/c1-10-7-4-5(8)2-3-6(7)9-11/h2-4,9H,11H2,1H3. The van der Waals surface area contributed by atoms with Gasteiger partial charge in [-0.3, -0.25) is 0 Å². The van der Waals surface area contributed by atoms with Crippen molar-refractivity contribution in [2.45, 2.75) is 0 Å². The Morgan fingerprint density at radius 3 is 2.82 bits per heavy atom. The third kappa shape index (κ3) is 1.81. The Labute approximate surface area is 67.0 Å². The van der Waals surface area contributed by atoms with Crippen LogP contribution in [0.1, 0.15) is 0 Å². The van der Waals surface area contributed by atoms with Gasteiger partial charge in [0.15, 0.2) is 0 Å². The third-order valence-corrected chi connectivity index (χ3v) is 1.63. The first kappa shape index (κ1) is 8.28. The Kier molecular flexibility index (Phi) is 2.66. The molecule has 0 aromatic heterocycles. The molecule has 1 unspecified atom stereocenters. The van der Waals surface area contributed by atoms with Gasteiger partial charge in [-0.05, 0) is 21.5 Å². The summed E-state index contributed by atoms with van der Waals surface area (Å²) >= 11 is 0. The monoisotopic (exact) mass is 173 g/mol. The molecule has 0 aliphatic carbocycles. The number of rotatable bonds is 2. The molecular formula is C7H9FNOP. The van der Waals surface area contributed by atoms with Crippen LogP contribution in [0.4, 0.5) is 10.1 Å². The minimum atomic E-state index is -0.300. The first-order valence-electron chi connectivity index (χ1n) is 3.08. The lowest BCUT2D eigenvalue weighted by atomic mass is 10.3. The highest BCUT2D eigenvalue weighted by Crippen LogP contribution is 2.25. The van der Waals surface area contributed by atoms with Crippen LogP contribution in [0.25, 0.3) is 0 Å². The van der Waals surface area contributed by atoms with Crippen LogP contribution >= 0.6 is 9.39 Å². The van der Waals surface area contributed by atoms with Gasteiger partial charge in [-0.15, -0.1) is 0 Å². The van der Waals surface area contributed by atoms with Gasteiger partial charge in [0.2, 0.25) is 0 Å². The van der Waals surface area contributed by atoms with E-state index in [1.165, 1.54) is 19.2 Å². The maximum absolute atomic E-state index is 12.6. The van der Waals surface area contributed by atoms with Crippen molar-refractivity contribution in [2.75, 3.05) is 12.2 Å². The quantitative estimate of drug-likeness (QED) is 0.691. The lowest BCUT2D eigenvalue weighted by molar-refractivity contribution is 0.413. The number of anilines is 1. The highest BCUT2D eigenvalue weighted by molar-refractivity contribution is 7.18. The molecule has 0 saturated carbocycles. The Morgan fingerprint density at radius 2 is 2.27 bits per heavy atom. The molecule has 2 nitrogen and oxygen atoms in total. The highest BCUT2D eigenvalue weighted by Gasteiger charge is 2.00. The van der Waals surface area contributed by atoms with E-state index in [0.717, 1.165) is 5.69 Å². The van der Waals surface area contributed by atoms with Gasteiger partial charge in [-0.1, -0.05) is 0 Å². The van der Waals surface area contributed by atoms with E-state index < -0.39 is 0 Å². The number of nitrogens with one attached hydrogen (secondary N) is 1. The average Bonchev–Trinajstić information content (AvgIpc) is 2.04. The summed E-state index contributed by atoms with van der Waals surface area (Å²) in [6.07, 6.45) is 0. The molecule has 4 heteroatoms. The normalized spacial score (nSPS) is 9.36. The van der Waals surface area contributed by atoms with Crippen molar-refractivity contribution in [3.8, 4) is 5.75 Å². The fourth-order valence-corrected chi connectivity index (χ4v) is 1.02. The maximum atomic E-state index is 12.6. The predicted molar refractivity (Wildman–Crippen MR) is 46.3 cm³/mol. The van der Waals surface area contributed by atoms with E-state index in [1.54, 1.807) is 6.07 Å². The maximum Gasteiger partial charge on any atom is 0.145 e. The smallest absolute Gasteiger partial charge is 0.145 e. The van der Waals surface area contributed by atoms with E-state index >= 15 is 0 Å². The molecule has 11 heavy (non-hydrogen) atoms. The second kappa shape index (κ2) is 3.54. The highest BCUT2D eigenvalue weighted by atomic mass is 31.0. The Balaban J connectivity index is 3.06. The number of hydrogen-bond donors (Lipinski definition) is 1. The second-order valence-corrected chi connectivity index (χ2v) is 2.28. The summed E-state index contributed by atoms with van der Waals surface area (Å²) in [5, 5.41) is 2.80. The molecular weight excluding hydrogens is 164 g/mol. The fourth-order valence-electron chi connectivity index (χ4n) is 0.784. The van der Waals surface area contributed by atoms with Crippen LogP contribution in [0.3, 0.4) is 0 Å². The largest absolute Gasteiger partial charge is 0.494 e. The molecule has 0 saturated heterocycles. The summed E-state index contributed by atoms with van der Waals surface area (Å²) in [6, 6.07) is 4.31. The van der Waals surface area contributed by atoms with Crippen molar-refractivity contribution < 1.29 is 9.13 Å². The minimum absolute atomic E-state index is 0.300. The Morgan fingerprint density at radius 1 is 1.55 bits per heavy atom. The van der Waals surface area contributed by atoms with Crippen LogP contribution in [-0.2, 0) is 0 Å². The molecule has 0 spiro atoms. The third-order valence-electron chi connectivity index (χ3n) is 1.32. The zero-order chi connectivity index (χ0) is 8.27. The molecule has 1 aromatic carbocycles. The van der Waals surface area contributed by atoms with Crippen molar-refractivity contribution in [3.05, 3.63) is 24.0 Å². The number of benzene rings is 1. The van der Waals surface area contributed by atoms with Gasteiger partial charge < -0.3 is 9.82 Å². The first-order chi connectivity index (χ1) is 5.27. The molecule has 0 fully saturated rings. The summed E-state index contributed by atoms with van der Waals surface area (Å²) in [5.74, 6) is 0.200. The van der Waals surface area contributed by atoms with E-state index in [2.05, 4.69) is 14.5 Å². The van der Waals surface area contributed by atoms with Crippen molar-refractivity contribution in [1.29, 1.82) is 0 Å². The van der Waals surface area contributed by atoms with Crippen LogP contribution in [0, 0.1) is 5.82 Å². The number of halogens is 1. The Hall–Kier alpha value is -0.820. The van der Waals surface area contributed by atoms with E-state index in [1.807, 2.05) is 0 Å². The van der Waals surface area contributed by atoms with E-state index in [0.29, 0.717) is 5.75 Å². The average molecular weight is 173 g/mol. The van der Waals surface area contributed by atoms with Gasteiger partial charge in [0.25, 0.3) is 0 Å². The number of ether oxygens (including phenoxy) is 1. The molecule has 1 atom stereocenters. The summed E-state index contributed by atoms with van der Waals surface area (Å²) in [6.45, 7) is 0. The molecule has 1 N–H and O–H groups in total. The first-order valence-corrected chi connectivity index (χ1v) is 3.66. The molecule has 60 valence electrons. The van der Waals surface area contributed by atoms with Gasteiger partial charge in [-0.25, -0.2) is 4.39 Å². The Bertz CT molecular complexity index is 254. The fraction of sp³-hybridized carbons (Fsp3) is 0.143. The van der Waals surface area contributed by atoms with Gasteiger partial charge in [0, 0.05) is 6.07 Å². The lowest BCUT2D eigenvalue weighted by Gasteiger charge is -2.06. The molecule has 1 rings (SSSR count). The summed E-state index contributed by atoms with van der Waals surface area (Å²) in [4.78, 5) is 0. The number of methoxy groups -OCH3 is 1. The summed E-state index contributed by atoms with van der Waals surface area (Å²) in [7, 11) is 3.82. The zero-order valence-electron chi connectivity index (χ0n) is 6.10. The molecule has 1 aromatic rings. The van der Waals surface area contributed by atoms with E-state index in [9.17, 15) is 4.39 Å². The van der Waals surface area contributed by atoms with Gasteiger partial charge in [-0.2, -0.15) is 0 Å². The molecule has 0 amide bonds. The van der Waals surface area contributed by atoms with Gasteiger partial charge in [0.05, 0.1) is 12.8 Å². The lowest BCUT2D eigenvalue weighted by Crippen LogP contribution is -1.89. The molecule has 0 radical (unpaired) electrons. The van der Waals surface area contributed by atoms with Gasteiger partial charge >= 0.3 is 0 Å². The van der Waals surface area contributed by atoms with Crippen molar-refractivity contribution in [2.24, 2.45) is 0 Å². The van der Waals surface area contributed by atoms with Crippen molar-refractivity contribution in [3.63, 3.8) is 0 Å². The van der Waals surface area contributed by atoms with Crippen LogP contribution in [0.15, 0.2) is 18.2 Å². The minimum Gasteiger partial charge on any atom is -0.494 e. The van der Waals surface area contributed by atoms with Crippen LogP contribution in [-0.4, -0.2) is 7.11 Å².